The van der Waals surface area contributed by atoms with Gasteiger partial charge in [-0.05, 0) is 76.1 Å². The van der Waals surface area contributed by atoms with Gasteiger partial charge in [-0.1, -0.05) is 18.2 Å². The van der Waals surface area contributed by atoms with Gasteiger partial charge >= 0.3 is 11.8 Å². The molecule has 1 heterocycles. The molecule has 32 heavy (non-hydrogen) atoms. The quantitative estimate of drug-likeness (QED) is 0.348. The van der Waals surface area contributed by atoms with E-state index in [9.17, 15) is 9.59 Å². The molecule has 0 aliphatic carbocycles. The van der Waals surface area contributed by atoms with Crippen LogP contribution in [0.2, 0.25) is 0 Å². The average molecular weight is 433 g/mol. The standard InChI is InChI=1S/C25H28N4O3/c1-6-32-23-10-8-7-9-22(23)27-24(30)25(31)28-26-15-20-14-18(4)29(19(20)5)21-12-16(2)11-17(3)13-21/h7-15H,6H2,1-5H3,(H,27,30)(H,28,31)/b26-15-. The number of nitrogens with one attached hydrogen (secondary N) is 2. The van der Waals surface area contributed by atoms with E-state index >= 15 is 0 Å². The van der Waals surface area contributed by atoms with Gasteiger partial charge in [0, 0.05) is 22.6 Å². The maximum Gasteiger partial charge on any atom is 0.329 e. The third-order valence-electron chi connectivity index (χ3n) is 4.95. The number of hydrazone groups is 1. The van der Waals surface area contributed by atoms with E-state index < -0.39 is 11.8 Å². The highest BCUT2D eigenvalue weighted by atomic mass is 16.5. The van der Waals surface area contributed by atoms with Crippen molar-refractivity contribution in [3.8, 4) is 11.4 Å². The first-order chi connectivity index (χ1) is 15.3. The lowest BCUT2D eigenvalue weighted by molar-refractivity contribution is -0.136. The van der Waals surface area contributed by atoms with E-state index in [1.807, 2.05) is 26.8 Å². The molecule has 7 nitrogen and oxygen atoms in total. The maximum absolute atomic E-state index is 12.2. The fourth-order valence-corrected chi connectivity index (χ4v) is 3.64. The SMILES string of the molecule is CCOc1ccccc1NC(=O)C(=O)N/N=C\c1cc(C)n(-c2cc(C)cc(C)c2)c1C. The second kappa shape index (κ2) is 9.96. The number of para-hydroxylation sites is 2. The molecule has 3 aromatic rings. The third kappa shape index (κ3) is 5.24. The molecule has 0 aliphatic rings. The molecule has 0 fully saturated rings. The third-order valence-corrected chi connectivity index (χ3v) is 4.95. The fourth-order valence-electron chi connectivity index (χ4n) is 3.64. The van der Waals surface area contributed by atoms with E-state index in [0.717, 1.165) is 22.6 Å². The molecular weight excluding hydrogens is 404 g/mol. The number of ether oxygens (including phenoxy) is 1. The highest BCUT2D eigenvalue weighted by Crippen LogP contribution is 2.24. The van der Waals surface area contributed by atoms with Gasteiger partial charge in [0.05, 0.1) is 18.5 Å². The summed E-state index contributed by atoms with van der Waals surface area (Å²) < 4.78 is 7.60. The predicted octanol–water partition coefficient (Wildman–Crippen LogP) is 4.20. The molecule has 0 saturated carbocycles. The van der Waals surface area contributed by atoms with Gasteiger partial charge in [0.25, 0.3) is 0 Å². The lowest BCUT2D eigenvalue weighted by atomic mass is 10.1. The smallest absolute Gasteiger partial charge is 0.329 e. The Morgan fingerprint density at radius 2 is 1.69 bits per heavy atom. The zero-order chi connectivity index (χ0) is 23.3. The summed E-state index contributed by atoms with van der Waals surface area (Å²) in [6.45, 7) is 10.4. The number of nitrogens with zero attached hydrogens (tertiary/aromatic N) is 2. The van der Waals surface area contributed by atoms with E-state index in [0.29, 0.717) is 18.0 Å². The van der Waals surface area contributed by atoms with Gasteiger partial charge in [-0.2, -0.15) is 5.10 Å². The molecule has 7 heteroatoms. The van der Waals surface area contributed by atoms with Crippen LogP contribution in [0.1, 0.15) is 35.0 Å². The molecule has 0 atom stereocenters. The molecule has 0 bridgehead atoms. The summed E-state index contributed by atoms with van der Waals surface area (Å²) >= 11 is 0. The Labute approximate surface area is 188 Å². The molecular formula is C25H28N4O3. The van der Waals surface area contributed by atoms with Crippen molar-refractivity contribution in [3.63, 3.8) is 0 Å². The summed E-state index contributed by atoms with van der Waals surface area (Å²) in [4.78, 5) is 24.4. The monoisotopic (exact) mass is 432 g/mol. The van der Waals surface area contributed by atoms with Crippen LogP contribution in [0.15, 0.2) is 53.6 Å². The van der Waals surface area contributed by atoms with Crippen molar-refractivity contribution in [1.82, 2.24) is 9.99 Å². The molecule has 0 radical (unpaired) electrons. The Kier molecular flexibility index (Phi) is 7.10. The number of aromatic nitrogens is 1. The number of hydrogen-bond acceptors (Lipinski definition) is 4. The van der Waals surface area contributed by atoms with Crippen LogP contribution in [0.25, 0.3) is 5.69 Å². The van der Waals surface area contributed by atoms with Crippen LogP contribution in [0.4, 0.5) is 5.69 Å². The Hall–Kier alpha value is -3.87. The number of hydrogen-bond donors (Lipinski definition) is 2. The van der Waals surface area contributed by atoms with Gasteiger partial charge in [-0.3, -0.25) is 9.59 Å². The zero-order valence-corrected chi connectivity index (χ0v) is 19.0. The summed E-state index contributed by atoms with van der Waals surface area (Å²) in [5.74, 6) is -1.19. The van der Waals surface area contributed by atoms with Crippen molar-refractivity contribution < 1.29 is 14.3 Å². The van der Waals surface area contributed by atoms with Crippen molar-refractivity contribution in [1.29, 1.82) is 0 Å². The summed E-state index contributed by atoms with van der Waals surface area (Å²) in [5.41, 5.74) is 9.05. The van der Waals surface area contributed by atoms with Crippen molar-refractivity contribution >= 4 is 23.7 Å². The first kappa shape index (κ1) is 22.8. The predicted molar refractivity (Wildman–Crippen MR) is 127 cm³/mol. The molecule has 166 valence electrons. The number of anilines is 1. The van der Waals surface area contributed by atoms with Crippen LogP contribution in [-0.4, -0.2) is 29.2 Å². The number of rotatable bonds is 6. The first-order valence-electron chi connectivity index (χ1n) is 10.4. The lowest BCUT2D eigenvalue weighted by Gasteiger charge is -2.11. The van der Waals surface area contributed by atoms with E-state index in [-0.39, 0.29) is 0 Å². The molecule has 3 rings (SSSR count). The van der Waals surface area contributed by atoms with Gasteiger partial charge in [-0.15, -0.1) is 0 Å². The van der Waals surface area contributed by atoms with Crippen LogP contribution in [0, 0.1) is 27.7 Å². The average Bonchev–Trinajstić information content (AvgIpc) is 3.02. The van der Waals surface area contributed by atoms with Gasteiger partial charge < -0.3 is 14.6 Å². The number of aryl methyl sites for hydroxylation is 3. The number of carbonyl (C=O) groups excluding carboxylic acids is 2. The Morgan fingerprint density at radius 3 is 2.38 bits per heavy atom. The lowest BCUT2D eigenvalue weighted by Crippen LogP contribution is -2.32. The molecule has 2 amide bonds. The second-order valence-electron chi connectivity index (χ2n) is 7.59. The second-order valence-corrected chi connectivity index (χ2v) is 7.59. The molecule has 1 aromatic heterocycles. The molecule has 0 saturated heterocycles. The molecule has 2 N–H and O–H groups in total. The molecule has 2 aromatic carbocycles. The van der Waals surface area contributed by atoms with E-state index in [1.54, 1.807) is 30.5 Å². The van der Waals surface area contributed by atoms with Crippen molar-refractivity contribution in [2.45, 2.75) is 34.6 Å². The van der Waals surface area contributed by atoms with Crippen molar-refractivity contribution in [2.24, 2.45) is 5.10 Å². The molecule has 0 unspecified atom stereocenters. The number of benzene rings is 2. The van der Waals surface area contributed by atoms with Crippen molar-refractivity contribution in [2.75, 3.05) is 11.9 Å². The molecule has 0 spiro atoms. The van der Waals surface area contributed by atoms with Gasteiger partial charge in [0.1, 0.15) is 5.75 Å². The minimum Gasteiger partial charge on any atom is -0.492 e. The van der Waals surface area contributed by atoms with Gasteiger partial charge in [-0.25, -0.2) is 5.43 Å². The van der Waals surface area contributed by atoms with Gasteiger partial charge in [0.15, 0.2) is 0 Å². The van der Waals surface area contributed by atoms with E-state index in [1.165, 1.54) is 11.1 Å². The van der Waals surface area contributed by atoms with E-state index in [4.69, 9.17) is 4.74 Å². The fraction of sp³-hybridized carbons (Fsp3) is 0.240. The zero-order valence-electron chi connectivity index (χ0n) is 19.0. The normalized spacial score (nSPS) is 10.9. The van der Waals surface area contributed by atoms with Crippen LogP contribution in [0.5, 0.6) is 5.75 Å². The van der Waals surface area contributed by atoms with Crippen LogP contribution in [-0.2, 0) is 9.59 Å². The first-order valence-corrected chi connectivity index (χ1v) is 10.4. The van der Waals surface area contributed by atoms with Crippen LogP contribution >= 0.6 is 0 Å². The largest absolute Gasteiger partial charge is 0.492 e. The summed E-state index contributed by atoms with van der Waals surface area (Å²) in [7, 11) is 0. The van der Waals surface area contributed by atoms with Gasteiger partial charge in [0.2, 0.25) is 0 Å². The highest BCUT2D eigenvalue weighted by Gasteiger charge is 2.15. The van der Waals surface area contributed by atoms with Crippen LogP contribution < -0.4 is 15.5 Å². The topological polar surface area (TPSA) is 84.7 Å². The minimum atomic E-state index is -0.865. The molecule has 0 aliphatic heterocycles. The Balaban J connectivity index is 1.70. The van der Waals surface area contributed by atoms with E-state index in [2.05, 4.69) is 52.5 Å². The Bertz CT molecular complexity index is 1160. The minimum absolute atomic E-state index is 0.426. The van der Waals surface area contributed by atoms with Crippen LogP contribution in [0.3, 0.4) is 0 Å². The van der Waals surface area contributed by atoms with Crippen molar-refractivity contribution in [3.05, 3.63) is 76.6 Å². The Morgan fingerprint density at radius 1 is 1.00 bits per heavy atom. The highest BCUT2D eigenvalue weighted by molar-refractivity contribution is 6.39. The summed E-state index contributed by atoms with van der Waals surface area (Å²) in [6.07, 6.45) is 1.54. The summed E-state index contributed by atoms with van der Waals surface area (Å²) in [6, 6.07) is 15.3. The maximum atomic E-state index is 12.2. The number of amides is 2. The number of carbonyl (C=O) groups is 2. The summed E-state index contributed by atoms with van der Waals surface area (Å²) in [5, 5.41) is 6.52.